The summed E-state index contributed by atoms with van der Waals surface area (Å²) in [5.41, 5.74) is 3.41. The highest BCUT2D eigenvalue weighted by molar-refractivity contribution is 6.30. The Labute approximate surface area is 117 Å². The second-order valence-electron chi connectivity index (χ2n) is 4.42. The average molecular weight is 269 g/mol. The molecule has 0 bridgehead atoms. The van der Waals surface area contributed by atoms with E-state index in [9.17, 15) is 0 Å². The van der Waals surface area contributed by atoms with Gasteiger partial charge in [0.15, 0.2) is 0 Å². The SMILES string of the molecule is Clc1cccc(-c2cnn(Cc3ccccc3)c2)c1. The van der Waals surface area contributed by atoms with E-state index in [1.165, 1.54) is 5.56 Å². The zero-order chi connectivity index (χ0) is 13.1. The highest BCUT2D eigenvalue weighted by Gasteiger charge is 2.02. The molecule has 0 fully saturated rings. The number of hydrogen-bond acceptors (Lipinski definition) is 1. The van der Waals surface area contributed by atoms with Crippen molar-refractivity contribution in [3.05, 3.63) is 77.6 Å². The lowest BCUT2D eigenvalue weighted by atomic mass is 10.1. The molecule has 1 aromatic heterocycles. The second kappa shape index (κ2) is 5.29. The Kier molecular flexibility index (Phi) is 3.34. The monoisotopic (exact) mass is 268 g/mol. The molecule has 0 saturated heterocycles. The van der Waals surface area contributed by atoms with E-state index in [1.54, 1.807) is 0 Å². The minimum absolute atomic E-state index is 0.744. The van der Waals surface area contributed by atoms with Gasteiger partial charge >= 0.3 is 0 Å². The van der Waals surface area contributed by atoms with Crippen LogP contribution in [0.5, 0.6) is 0 Å². The Balaban J connectivity index is 1.84. The first kappa shape index (κ1) is 12.0. The number of halogens is 1. The molecule has 2 nitrogen and oxygen atoms in total. The molecule has 0 aliphatic heterocycles. The van der Waals surface area contributed by atoms with E-state index in [2.05, 4.69) is 17.2 Å². The lowest BCUT2D eigenvalue weighted by molar-refractivity contribution is 0.687. The Hall–Kier alpha value is -2.06. The van der Waals surface area contributed by atoms with Crippen LogP contribution in [0.3, 0.4) is 0 Å². The lowest BCUT2D eigenvalue weighted by Gasteiger charge is -2.01. The van der Waals surface area contributed by atoms with E-state index < -0.39 is 0 Å². The number of nitrogens with zero attached hydrogens (tertiary/aromatic N) is 2. The molecule has 3 aromatic rings. The van der Waals surface area contributed by atoms with Gasteiger partial charge in [-0.2, -0.15) is 5.10 Å². The van der Waals surface area contributed by atoms with Gasteiger partial charge in [0.1, 0.15) is 0 Å². The molecule has 0 aliphatic rings. The van der Waals surface area contributed by atoms with Crippen LogP contribution in [-0.4, -0.2) is 9.78 Å². The third kappa shape index (κ3) is 2.85. The van der Waals surface area contributed by atoms with Gasteiger partial charge < -0.3 is 0 Å². The van der Waals surface area contributed by atoms with Crippen LogP contribution in [0.2, 0.25) is 5.02 Å². The highest BCUT2D eigenvalue weighted by atomic mass is 35.5. The average Bonchev–Trinajstić information content (AvgIpc) is 2.88. The van der Waals surface area contributed by atoms with E-state index in [0.29, 0.717) is 0 Å². The van der Waals surface area contributed by atoms with E-state index in [0.717, 1.165) is 22.7 Å². The standard InChI is InChI=1S/C16H13ClN2/c17-16-8-4-7-14(9-16)15-10-18-19(12-15)11-13-5-2-1-3-6-13/h1-10,12H,11H2. The predicted molar refractivity (Wildman–Crippen MR) is 78.2 cm³/mol. The molecule has 0 N–H and O–H groups in total. The van der Waals surface area contributed by atoms with Crippen LogP contribution in [0.15, 0.2) is 67.0 Å². The normalized spacial score (nSPS) is 10.6. The molecule has 0 radical (unpaired) electrons. The van der Waals surface area contributed by atoms with Crippen LogP contribution in [0.1, 0.15) is 5.56 Å². The summed E-state index contributed by atoms with van der Waals surface area (Å²) in [6.45, 7) is 0.779. The molecule has 3 heteroatoms. The topological polar surface area (TPSA) is 17.8 Å². The van der Waals surface area contributed by atoms with E-state index in [4.69, 9.17) is 11.6 Å². The van der Waals surface area contributed by atoms with Gasteiger partial charge in [0.05, 0.1) is 12.7 Å². The molecule has 0 aliphatic carbocycles. The molecule has 94 valence electrons. The van der Waals surface area contributed by atoms with Gasteiger partial charge in [0.2, 0.25) is 0 Å². The van der Waals surface area contributed by atoms with Crippen LogP contribution < -0.4 is 0 Å². The van der Waals surface area contributed by atoms with Crippen molar-refractivity contribution in [1.29, 1.82) is 0 Å². The van der Waals surface area contributed by atoms with Crippen molar-refractivity contribution in [2.24, 2.45) is 0 Å². The minimum atomic E-state index is 0.744. The van der Waals surface area contributed by atoms with Crippen LogP contribution in [0.25, 0.3) is 11.1 Å². The Morgan fingerprint density at radius 2 is 1.79 bits per heavy atom. The smallest absolute Gasteiger partial charge is 0.0659 e. The Morgan fingerprint density at radius 1 is 0.947 bits per heavy atom. The van der Waals surface area contributed by atoms with Gasteiger partial charge in [-0.05, 0) is 23.3 Å². The van der Waals surface area contributed by atoms with Gasteiger partial charge in [-0.25, -0.2) is 0 Å². The summed E-state index contributed by atoms with van der Waals surface area (Å²) in [7, 11) is 0. The molecule has 3 rings (SSSR count). The van der Waals surface area contributed by atoms with E-state index in [-0.39, 0.29) is 0 Å². The van der Waals surface area contributed by atoms with Crippen LogP contribution >= 0.6 is 11.6 Å². The maximum absolute atomic E-state index is 6.00. The number of rotatable bonds is 3. The molecule has 2 aromatic carbocycles. The van der Waals surface area contributed by atoms with Crippen LogP contribution in [0, 0.1) is 0 Å². The molecule has 0 atom stereocenters. The fourth-order valence-corrected chi connectivity index (χ4v) is 2.23. The quantitative estimate of drug-likeness (QED) is 0.694. The molecular weight excluding hydrogens is 256 g/mol. The summed E-state index contributed by atoms with van der Waals surface area (Å²) in [4.78, 5) is 0. The van der Waals surface area contributed by atoms with Crippen molar-refractivity contribution in [3.8, 4) is 11.1 Å². The van der Waals surface area contributed by atoms with Crippen molar-refractivity contribution in [2.45, 2.75) is 6.54 Å². The van der Waals surface area contributed by atoms with Crippen molar-refractivity contribution < 1.29 is 0 Å². The molecule has 0 amide bonds. The molecule has 19 heavy (non-hydrogen) atoms. The first-order valence-corrected chi connectivity index (χ1v) is 6.51. The Morgan fingerprint density at radius 3 is 2.58 bits per heavy atom. The first-order chi connectivity index (χ1) is 9.31. The summed E-state index contributed by atoms with van der Waals surface area (Å²) < 4.78 is 1.94. The van der Waals surface area contributed by atoms with Gasteiger partial charge in [-0.15, -0.1) is 0 Å². The van der Waals surface area contributed by atoms with Gasteiger partial charge in [0, 0.05) is 16.8 Å². The number of hydrogen-bond donors (Lipinski definition) is 0. The van der Waals surface area contributed by atoms with Gasteiger partial charge in [0.25, 0.3) is 0 Å². The van der Waals surface area contributed by atoms with Crippen molar-refractivity contribution in [2.75, 3.05) is 0 Å². The molecule has 1 heterocycles. The first-order valence-electron chi connectivity index (χ1n) is 6.13. The molecule has 0 unspecified atom stereocenters. The third-order valence-corrected chi connectivity index (χ3v) is 3.21. The van der Waals surface area contributed by atoms with Gasteiger partial charge in [-0.3, -0.25) is 4.68 Å². The van der Waals surface area contributed by atoms with Crippen molar-refractivity contribution in [3.63, 3.8) is 0 Å². The zero-order valence-corrected chi connectivity index (χ0v) is 11.1. The fourth-order valence-electron chi connectivity index (χ4n) is 2.04. The van der Waals surface area contributed by atoms with Crippen LogP contribution in [-0.2, 0) is 6.54 Å². The second-order valence-corrected chi connectivity index (χ2v) is 4.86. The summed E-state index contributed by atoms with van der Waals surface area (Å²) in [5, 5.41) is 5.13. The zero-order valence-electron chi connectivity index (χ0n) is 10.3. The Bertz CT molecular complexity index is 674. The van der Waals surface area contributed by atoms with Crippen molar-refractivity contribution in [1.82, 2.24) is 9.78 Å². The number of benzene rings is 2. The van der Waals surface area contributed by atoms with E-state index in [1.807, 2.05) is 59.5 Å². The minimum Gasteiger partial charge on any atom is -0.268 e. The molecule has 0 spiro atoms. The maximum atomic E-state index is 6.00. The lowest BCUT2D eigenvalue weighted by Crippen LogP contribution is -1.99. The van der Waals surface area contributed by atoms with Gasteiger partial charge in [-0.1, -0.05) is 54.1 Å². The number of aromatic nitrogens is 2. The summed E-state index contributed by atoms with van der Waals surface area (Å²) in [6, 6.07) is 18.1. The highest BCUT2D eigenvalue weighted by Crippen LogP contribution is 2.22. The summed E-state index contributed by atoms with van der Waals surface area (Å²) in [5.74, 6) is 0. The summed E-state index contributed by atoms with van der Waals surface area (Å²) in [6.07, 6.45) is 3.91. The fraction of sp³-hybridized carbons (Fsp3) is 0.0625. The largest absolute Gasteiger partial charge is 0.268 e. The predicted octanol–water partition coefficient (Wildman–Crippen LogP) is 4.25. The van der Waals surface area contributed by atoms with Crippen LogP contribution in [0.4, 0.5) is 0 Å². The summed E-state index contributed by atoms with van der Waals surface area (Å²) >= 11 is 6.00. The van der Waals surface area contributed by atoms with E-state index >= 15 is 0 Å². The van der Waals surface area contributed by atoms with Crippen molar-refractivity contribution >= 4 is 11.6 Å². The molecule has 0 saturated carbocycles. The third-order valence-electron chi connectivity index (χ3n) is 2.98. The maximum Gasteiger partial charge on any atom is 0.0659 e. The molecular formula is C16H13ClN2.